The van der Waals surface area contributed by atoms with Crippen LogP contribution in [-0.2, 0) is 4.79 Å². The molecule has 178 valence electrons. The largest absolute Gasteiger partial charge is 0.344 e. The van der Waals surface area contributed by atoms with Crippen molar-refractivity contribution in [1.82, 2.24) is 14.9 Å². The first kappa shape index (κ1) is 23.4. The van der Waals surface area contributed by atoms with Crippen molar-refractivity contribution in [2.45, 2.75) is 49.3 Å². The molecule has 35 heavy (non-hydrogen) atoms. The molecule has 1 N–H and O–H groups in total. The number of carbonyl (C=O) groups excluding carboxylic acids is 1. The van der Waals surface area contributed by atoms with Gasteiger partial charge in [-0.3, -0.25) is 14.2 Å². The van der Waals surface area contributed by atoms with E-state index in [2.05, 4.69) is 5.32 Å². The van der Waals surface area contributed by atoms with Gasteiger partial charge in [-0.1, -0.05) is 104 Å². The molecule has 0 unspecified atom stereocenters. The Hall–Kier alpha value is -3.38. The van der Waals surface area contributed by atoms with Gasteiger partial charge in [-0.15, -0.1) is 0 Å². The summed E-state index contributed by atoms with van der Waals surface area (Å²) in [4.78, 5) is 31.4. The molecular formula is C29H29N3O2S. The smallest absolute Gasteiger partial charge is 0.262 e. The summed E-state index contributed by atoms with van der Waals surface area (Å²) in [6.45, 7) is 0. The van der Waals surface area contributed by atoms with Gasteiger partial charge in [-0.2, -0.15) is 0 Å². The molecule has 0 saturated heterocycles. The third kappa shape index (κ3) is 5.33. The number of carbonyl (C=O) groups is 1. The average Bonchev–Trinajstić information content (AvgIpc) is 2.92. The molecule has 0 radical (unpaired) electrons. The minimum atomic E-state index is -0.240. The quantitative estimate of drug-likeness (QED) is 0.263. The summed E-state index contributed by atoms with van der Waals surface area (Å²) in [7, 11) is 0. The first-order chi connectivity index (χ1) is 17.2. The molecule has 5 nitrogen and oxygen atoms in total. The maximum Gasteiger partial charge on any atom is 0.262 e. The maximum absolute atomic E-state index is 13.5. The summed E-state index contributed by atoms with van der Waals surface area (Å²) in [6.07, 6.45) is 5.39. The van der Waals surface area contributed by atoms with Crippen molar-refractivity contribution in [3.63, 3.8) is 0 Å². The highest BCUT2D eigenvalue weighted by molar-refractivity contribution is 7.99. The van der Waals surface area contributed by atoms with E-state index in [1.165, 1.54) is 18.2 Å². The van der Waals surface area contributed by atoms with E-state index in [4.69, 9.17) is 4.98 Å². The van der Waals surface area contributed by atoms with Crippen LogP contribution in [0.4, 0.5) is 0 Å². The SMILES string of the molecule is O=C(CSc1nc2ccccc2c(=O)n1C1CCCCC1)NC(c1ccccc1)c1ccccc1. The number of hydrogen-bond donors (Lipinski definition) is 1. The summed E-state index contributed by atoms with van der Waals surface area (Å²) in [5, 5.41) is 4.47. The van der Waals surface area contributed by atoms with Crippen LogP contribution in [0.1, 0.15) is 55.3 Å². The molecule has 5 rings (SSSR count). The van der Waals surface area contributed by atoms with Crippen LogP contribution in [0, 0.1) is 0 Å². The van der Waals surface area contributed by atoms with Crippen LogP contribution < -0.4 is 10.9 Å². The molecule has 0 spiro atoms. The molecule has 1 heterocycles. The van der Waals surface area contributed by atoms with Crippen molar-refractivity contribution < 1.29 is 4.79 Å². The van der Waals surface area contributed by atoms with E-state index in [-0.39, 0.29) is 29.3 Å². The van der Waals surface area contributed by atoms with Gasteiger partial charge >= 0.3 is 0 Å². The number of thioether (sulfide) groups is 1. The lowest BCUT2D eigenvalue weighted by Gasteiger charge is -2.26. The fourth-order valence-corrected chi connectivity index (χ4v) is 5.75. The summed E-state index contributed by atoms with van der Waals surface area (Å²) >= 11 is 1.35. The predicted molar refractivity (Wildman–Crippen MR) is 142 cm³/mol. The third-order valence-corrected chi connectivity index (χ3v) is 7.57. The van der Waals surface area contributed by atoms with E-state index in [9.17, 15) is 9.59 Å². The van der Waals surface area contributed by atoms with Crippen LogP contribution in [-0.4, -0.2) is 21.2 Å². The van der Waals surface area contributed by atoms with Crippen LogP contribution in [0.2, 0.25) is 0 Å². The van der Waals surface area contributed by atoms with E-state index >= 15 is 0 Å². The minimum absolute atomic E-state index is 0.00291. The number of benzene rings is 3. The molecule has 1 aromatic heterocycles. The number of amides is 1. The zero-order chi connectivity index (χ0) is 24.0. The Morgan fingerprint density at radius 1 is 0.886 bits per heavy atom. The summed E-state index contributed by atoms with van der Waals surface area (Å²) in [6, 6.07) is 27.3. The van der Waals surface area contributed by atoms with Crippen LogP contribution in [0.25, 0.3) is 10.9 Å². The van der Waals surface area contributed by atoms with Crippen molar-refractivity contribution in [3.05, 3.63) is 106 Å². The van der Waals surface area contributed by atoms with Gasteiger partial charge in [0.2, 0.25) is 5.91 Å². The Kier molecular flexibility index (Phi) is 7.28. The van der Waals surface area contributed by atoms with Gasteiger partial charge in [0.1, 0.15) is 0 Å². The van der Waals surface area contributed by atoms with Crippen molar-refractivity contribution in [1.29, 1.82) is 0 Å². The molecule has 3 aromatic carbocycles. The van der Waals surface area contributed by atoms with Gasteiger partial charge in [0.15, 0.2) is 5.16 Å². The zero-order valence-corrected chi connectivity index (χ0v) is 20.4. The van der Waals surface area contributed by atoms with Gasteiger partial charge in [0.05, 0.1) is 22.7 Å². The highest BCUT2D eigenvalue weighted by Gasteiger charge is 2.23. The lowest BCUT2D eigenvalue weighted by atomic mass is 9.95. The van der Waals surface area contributed by atoms with Crippen LogP contribution >= 0.6 is 11.8 Å². The number of rotatable bonds is 7. The second-order valence-electron chi connectivity index (χ2n) is 8.99. The van der Waals surface area contributed by atoms with Gasteiger partial charge < -0.3 is 5.32 Å². The van der Waals surface area contributed by atoms with E-state index in [0.29, 0.717) is 16.1 Å². The Morgan fingerprint density at radius 2 is 1.49 bits per heavy atom. The number of hydrogen-bond acceptors (Lipinski definition) is 4. The Labute approximate surface area is 209 Å². The molecule has 0 aliphatic heterocycles. The fourth-order valence-electron chi connectivity index (χ4n) is 4.87. The fraction of sp³-hybridized carbons (Fsp3) is 0.276. The normalized spacial score (nSPS) is 14.3. The second-order valence-corrected chi connectivity index (χ2v) is 9.93. The molecule has 6 heteroatoms. The van der Waals surface area contributed by atoms with E-state index in [1.54, 1.807) is 0 Å². The highest BCUT2D eigenvalue weighted by atomic mass is 32.2. The lowest BCUT2D eigenvalue weighted by molar-refractivity contribution is -0.119. The van der Waals surface area contributed by atoms with Crippen molar-refractivity contribution in [2.75, 3.05) is 5.75 Å². The Morgan fingerprint density at radius 3 is 2.14 bits per heavy atom. The molecule has 1 fully saturated rings. The van der Waals surface area contributed by atoms with Gasteiger partial charge in [-0.25, -0.2) is 4.98 Å². The molecule has 1 saturated carbocycles. The van der Waals surface area contributed by atoms with Crippen molar-refractivity contribution in [2.24, 2.45) is 0 Å². The van der Waals surface area contributed by atoms with E-state index < -0.39 is 0 Å². The van der Waals surface area contributed by atoms with Crippen LogP contribution in [0.5, 0.6) is 0 Å². The Bertz CT molecular complexity index is 1310. The zero-order valence-electron chi connectivity index (χ0n) is 19.6. The summed E-state index contributed by atoms with van der Waals surface area (Å²) in [5.74, 6) is 0.0959. The lowest BCUT2D eigenvalue weighted by Crippen LogP contribution is -2.32. The van der Waals surface area contributed by atoms with Gasteiger partial charge in [0, 0.05) is 6.04 Å². The molecule has 0 bridgehead atoms. The van der Waals surface area contributed by atoms with E-state index in [0.717, 1.165) is 36.8 Å². The number of fused-ring (bicyclic) bond motifs is 1. The van der Waals surface area contributed by atoms with Crippen LogP contribution in [0.15, 0.2) is 94.9 Å². The number of nitrogens with zero attached hydrogens (tertiary/aromatic N) is 2. The topological polar surface area (TPSA) is 64.0 Å². The molecule has 0 atom stereocenters. The first-order valence-electron chi connectivity index (χ1n) is 12.2. The monoisotopic (exact) mass is 483 g/mol. The molecular weight excluding hydrogens is 454 g/mol. The Balaban J connectivity index is 1.40. The summed E-state index contributed by atoms with van der Waals surface area (Å²) < 4.78 is 1.85. The maximum atomic E-state index is 13.5. The molecule has 1 aliphatic rings. The average molecular weight is 484 g/mol. The van der Waals surface area contributed by atoms with Gasteiger partial charge in [-0.05, 0) is 36.1 Å². The van der Waals surface area contributed by atoms with Crippen molar-refractivity contribution in [3.8, 4) is 0 Å². The standard InChI is InChI=1S/C29H29N3O2S/c33-26(31-27(21-12-4-1-5-13-21)22-14-6-2-7-15-22)20-35-29-30-25-19-11-10-18-24(25)28(34)32(29)23-16-8-3-9-17-23/h1-2,4-7,10-15,18-19,23,27H,3,8-9,16-17,20H2,(H,31,33). The predicted octanol–water partition coefficient (Wildman–Crippen LogP) is 5.90. The van der Waals surface area contributed by atoms with Crippen LogP contribution in [0.3, 0.4) is 0 Å². The molecule has 1 aliphatic carbocycles. The highest BCUT2D eigenvalue weighted by Crippen LogP contribution is 2.31. The van der Waals surface area contributed by atoms with E-state index in [1.807, 2.05) is 89.5 Å². The number of para-hydroxylation sites is 1. The molecule has 1 amide bonds. The first-order valence-corrected chi connectivity index (χ1v) is 13.2. The molecule has 4 aromatic rings. The summed E-state index contributed by atoms with van der Waals surface area (Å²) in [5.41, 5.74) is 2.73. The van der Waals surface area contributed by atoms with Crippen molar-refractivity contribution >= 4 is 28.6 Å². The minimum Gasteiger partial charge on any atom is -0.344 e. The number of aromatic nitrogens is 2. The van der Waals surface area contributed by atoms with Gasteiger partial charge in [0.25, 0.3) is 5.56 Å². The second kappa shape index (κ2) is 10.9. The third-order valence-electron chi connectivity index (χ3n) is 6.62. The number of nitrogens with one attached hydrogen (secondary N) is 1.